The molecule has 1 fully saturated rings. The fraction of sp³-hybridized carbons (Fsp3) is 0.692. The first-order chi connectivity index (χ1) is 8.47. The predicted octanol–water partition coefficient (Wildman–Crippen LogP) is 4.05. The van der Waals surface area contributed by atoms with Gasteiger partial charge in [-0.25, -0.2) is 0 Å². The van der Waals surface area contributed by atoms with Crippen LogP contribution in [-0.2, 0) is 0 Å². The van der Waals surface area contributed by atoms with Gasteiger partial charge in [0.05, 0.1) is 18.2 Å². The van der Waals surface area contributed by atoms with Crippen LogP contribution in [0.4, 0.5) is 13.2 Å². The summed E-state index contributed by atoms with van der Waals surface area (Å²) >= 11 is 0. The fourth-order valence-corrected chi connectivity index (χ4v) is 2.56. The average molecular weight is 261 g/mol. The zero-order valence-electron chi connectivity index (χ0n) is 10.3. The first-order valence-electron chi connectivity index (χ1n) is 6.33. The molecule has 1 N–H and O–H groups in total. The lowest BCUT2D eigenvalue weighted by molar-refractivity contribution is -0.182. The Kier molecular flexibility index (Phi) is 4.00. The molecule has 1 atom stereocenters. The van der Waals surface area contributed by atoms with Crippen LogP contribution in [0, 0.1) is 5.92 Å². The summed E-state index contributed by atoms with van der Waals surface area (Å²) in [5.74, 6) is -0.289. The molecule has 0 saturated heterocycles. The Hall–Kier alpha value is -0.970. The van der Waals surface area contributed by atoms with Gasteiger partial charge in [0.15, 0.2) is 0 Å². The Morgan fingerprint density at radius 3 is 2.44 bits per heavy atom. The third-order valence-corrected chi connectivity index (χ3v) is 3.65. The molecule has 102 valence electrons. The second kappa shape index (κ2) is 5.34. The maximum Gasteiger partial charge on any atom is 0.391 e. The van der Waals surface area contributed by atoms with Crippen LogP contribution in [0.1, 0.15) is 44.4 Å². The van der Waals surface area contributed by atoms with Crippen LogP contribution in [0.3, 0.4) is 0 Å². The van der Waals surface area contributed by atoms with E-state index in [0.717, 1.165) is 5.76 Å². The molecule has 0 aromatic carbocycles. The fourth-order valence-electron chi connectivity index (χ4n) is 2.56. The molecule has 18 heavy (non-hydrogen) atoms. The Labute approximate surface area is 105 Å². The molecule has 0 unspecified atom stereocenters. The minimum absolute atomic E-state index is 0.0486. The lowest BCUT2D eigenvalue weighted by Crippen LogP contribution is -2.38. The summed E-state index contributed by atoms with van der Waals surface area (Å²) in [4.78, 5) is 0. The molecule has 2 rings (SSSR count). The Bertz CT molecular complexity index is 353. The Balaban J connectivity index is 1.80. The molecular formula is C13H18F3NO. The van der Waals surface area contributed by atoms with Gasteiger partial charge in [-0.1, -0.05) is 0 Å². The van der Waals surface area contributed by atoms with Crippen molar-refractivity contribution in [2.75, 3.05) is 0 Å². The normalized spacial score (nSPS) is 27.1. The summed E-state index contributed by atoms with van der Waals surface area (Å²) in [5, 5.41) is 3.33. The first kappa shape index (κ1) is 13.5. The van der Waals surface area contributed by atoms with Gasteiger partial charge >= 0.3 is 6.18 Å². The van der Waals surface area contributed by atoms with Crippen molar-refractivity contribution in [3.05, 3.63) is 24.2 Å². The maximum absolute atomic E-state index is 12.5. The highest BCUT2D eigenvalue weighted by Crippen LogP contribution is 2.37. The van der Waals surface area contributed by atoms with Crippen LogP contribution >= 0.6 is 0 Å². The molecule has 0 radical (unpaired) electrons. The van der Waals surface area contributed by atoms with E-state index in [0.29, 0.717) is 12.8 Å². The van der Waals surface area contributed by atoms with Crippen LogP contribution in [-0.4, -0.2) is 12.2 Å². The summed E-state index contributed by atoms with van der Waals surface area (Å²) in [5.41, 5.74) is 0. The number of alkyl halides is 3. The molecule has 0 amide bonds. The molecule has 0 spiro atoms. The SMILES string of the molecule is C[C@H](NC1CCC(C(F)(F)F)CC1)c1ccco1. The van der Waals surface area contributed by atoms with Gasteiger partial charge in [-0.05, 0) is 44.7 Å². The monoisotopic (exact) mass is 261 g/mol. The van der Waals surface area contributed by atoms with E-state index in [1.807, 2.05) is 19.1 Å². The largest absolute Gasteiger partial charge is 0.468 e. The zero-order valence-corrected chi connectivity index (χ0v) is 10.3. The van der Waals surface area contributed by atoms with Gasteiger partial charge in [-0.15, -0.1) is 0 Å². The van der Waals surface area contributed by atoms with Crippen molar-refractivity contribution in [2.24, 2.45) is 5.92 Å². The number of furan rings is 1. The van der Waals surface area contributed by atoms with E-state index >= 15 is 0 Å². The summed E-state index contributed by atoms with van der Waals surface area (Å²) in [6.07, 6.45) is -0.811. The minimum Gasteiger partial charge on any atom is -0.468 e. The van der Waals surface area contributed by atoms with Crippen molar-refractivity contribution >= 4 is 0 Å². The summed E-state index contributed by atoms with van der Waals surface area (Å²) in [6, 6.07) is 3.89. The molecule has 1 aromatic rings. The summed E-state index contributed by atoms with van der Waals surface area (Å²) in [6.45, 7) is 1.97. The van der Waals surface area contributed by atoms with Gasteiger partial charge in [0.2, 0.25) is 0 Å². The molecule has 5 heteroatoms. The number of nitrogens with one attached hydrogen (secondary N) is 1. The van der Waals surface area contributed by atoms with Gasteiger partial charge in [-0.2, -0.15) is 13.2 Å². The number of rotatable bonds is 3. The van der Waals surface area contributed by atoms with Crippen molar-refractivity contribution in [1.82, 2.24) is 5.32 Å². The van der Waals surface area contributed by atoms with Crippen molar-refractivity contribution in [3.8, 4) is 0 Å². The van der Waals surface area contributed by atoms with Gasteiger partial charge in [0.1, 0.15) is 5.76 Å². The maximum atomic E-state index is 12.5. The Morgan fingerprint density at radius 1 is 1.28 bits per heavy atom. The lowest BCUT2D eigenvalue weighted by atomic mass is 9.85. The van der Waals surface area contributed by atoms with Crippen LogP contribution in [0.2, 0.25) is 0 Å². The zero-order chi connectivity index (χ0) is 13.2. The van der Waals surface area contributed by atoms with Gasteiger partial charge in [-0.3, -0.25) is 0 Å². The average Bonchev–Trinajstić information content (AvgIpc) is 2.82. The highest BCUT2D eigenvalue weighted by molar-refractivity contribution is 5.03. The van der Waals surface area contributed by atoms with Crippen LogP contribution in [0.5, 0.6) is 0 Å². The van der Waals surface area contributed by atoms with Crippen molar-refractivity contribution < 1.29 is 17.6 Å². The van der Waals surface area contributed by atoms with Crippen LogP contribution in [0.25, 0.3) is 0 Å². The van der Waals surface area contributed by atoms with Crippen molar-refractivity contribution in [2.45, 2.75) is 50.9 Å². The van der Waals surface area contributed by atoms with Gasteiger partial charge < -0.3 is 9.73 Å². The van der Waals surface area contributed by atoms with Crippen LogP contribution < -0.4 is 5.32 Å². The highest BCUT2D eigenvalue weighted by Gasteiger charge is 2.41. The smallest absolute Gasteiger partial charge is 0.391 e. The third-order valence-electron chi connectivity index (χ3n) is 3.65. The van der Waals surface area contributed by atoms with Crippen LogP contribution in [0.15, 0.2) is 22.8 Å². The second-order valence-corrected chi connectivity index (χ2v) is 4.99. The predicted molar refractivity (Wildman–Crippen MR) is 62.1 cm³/mol. The van der Waals surface area contributed by atoms with E-state index in [9.17, 15) is 13.2 Å². The second-order valence-electron chi connectivity index (χ2n) is 4.99. The van der Waals surface area contributed by atoms with E-state index in [1.54, 1.807) is 6.26 Å². The van der Waals surface area contributed by atoms with E-state index in [2.05, 4.69) is 5.32 Å². The molecule has 1 aliphatic carbocycles. The van der Waals surface area contributed by atoms with E-state index in [4.69, 9.17) is 4.42 Å². The quantitative estimate of drug-likeness (QED) is 0.888. The number of halogens is 3. The molecular weight excluding hydrogens is 243 g/mol. The summed E-state index contributed by atoms with van der Waals surface area (Å²) in [7, 11) is 0. The molecule has 1 aliphatic rings. The standard InChI is InChI=1S/C13H18F3NO/c1-9(12-3-2-8-18-12)17-11-6-4-10(5-7-11)13(14,15)16/h2-3,8-11,17H,4-7H2,1H3/t9-,10?,11?/m0/s1. The lowest BCUT2D eigenvalue weighted by Gasteiger charge is -2.31. The molecule has 2 nitrogen and oxygen atoms in total. The van der Waals surface area contributed by atoms with E-state index in [-0.39, 0.29) is 24.9 Å². The highest BCUT2D eigenvalue weighted by atomic mass is 19.4. The number of hydrogen-bond donors (Lipinski definition) is 1. The van der Waals surface area contributed by atoms with E-state index < -0.39 is 12.1 Å². The summed E-state index contributed by atoms with van der Waals surface area (Å²) < 4.78 is 42.8. The number of hydrogen-bond acceptors (Lipinski definition) is 2. The molecule has 1 saturated carbocycles. The minimum atomic E-state index is -4.03. The topological polar surface area (TPSA) is 25.2 Å². The van der Waals surface area contributed by atoms with Crippen molar-refractivity contribution in [3.63, 3.8) is 0 Å². The van der Waals surface area contributed by atoms with Gasteiger partial charge in [0, 0.05) is 6.04 Å². The van der Waals surface area contributed by atoms with E-state index in [1.165, 1.54) is 0 Å². The third kappa shape index (κ3) is 3.28. The molecule has 1 heterocycles. The first-order valence-corrected chi connectivity index (χ1v) is 6.33. The van der Waals surface area contributed by atoms with Gasteiger partial charge in [0.25, 0.3) is 0 Å². The van der Waals surface area contributed by atoms with Crippen molar-refractivity contribution in [1.29, 1.82) is 0 Å². The molecule has 1 aromatic heterocycles. The molecule has 0 bridgehead atoms. The molecule has 0 aliphatic heterocycles. The Morgan fingerprint density at radius 2 is 1.94 bits per heavy atom.